The maximum Gasteiger partial charge on any atom is 0.161 e. The summed E-state index contributed by atoms with van der Waals surface area (Å²) < 4.78 is 0. The number of aliphatic hydroxyl groups is 1. The normalized spacial score (nSPS) is 17.2. The van der Waals surface area contributed by atoms with Crippen LogP contribution in [0, 0.1) is 11.8 Å². The van der Waals surface area contributed by atoms with Crippen molar-refractivity contribution in [1.82, 2.24) is 0 Å². The van der Waals surface area contributed by atoms with Gasteiger partial charge in [-0.2, -0.15) is 0 Å². The van der Waals surface area contributed by atoms with E-state index in [1.165, 1.54) is 12.2 Å². The monoisotopic (exact) mass is 238 g/mol. The number of carbonyl (C=O) groups excluding carboxylic acids is 2. The molecule has 3 heteroatoms. The highest BCUT2D eigenvalue weighted by atomic mass is 16.3. The minimum atomic E-state index is -0.617. The van der Waals surface area contributed by atoms with E-state index in [2.05, 4.69) is 0 Å². The number of aliphatic hydroxyl groups excluding tert-OH is 1. The number of hydrogen-bond acceptors (Lipinski definition) is 3. The molecule has 0 fully saturated rings. The van der Waals surface area contributed by atoms with Gasteiger partial charge in [-0.1, -0.05) is 32.9 Å². The summed E-state index contributed by atoms with van der Waals surface area (Å²) in [7, 11) is 0. The zero-order valence-corrected chi connectivity index (χ0v) is 11.0. The molecule has 3 nitrogen and oxygen atoms in total. The third-order valence-electron chi connectivity index (χ3n) is 2.77. The van der Waals surface area contributed by atoms with Crippen molar-refractivity contribution in [3.63, 3.8) is 0 Å². The third kappa shape index (κ3) is 5.59. The molecule has 3 unspecified atom stereocenters. The van der Waals surface area contributed by atoms with Gasteiger partial charge in [0.05, 0.1) is 6.10 Å². The maximum atomic E-state index is 11.7. The first-order valence-corrected chi connectivity index (χ1v) is 6.00. The summed E-state index contributed by atoms with van der Waals surface area (Å²) in [4.78, 5) is 23.1. The van der Waals surface area contributed by atoms with Crippen LogP contribution in [0.5, 0.6) is 0 Å². The fraction of sp³-hybridized carbons (Fsp3) is 0.571. The van der Waals surface area contributed by atoms with Gasteiger partial charge < -0.3 is 5.11 Å². The van der Waals surface area contributed by atoms with Crippen LogP contribution in [-0.2, 0) is 9.59 Å². The molecule has 0 aromatic heterocycles. The fourth-order valence-corrected chi connectivity index (χ4v) is 1.35. The topological polar surface area (TPSA) is 54.4 Å². The molecule has 0 bridgehead atoms. The highest BCUT2D eigenvalue weighted by Crippen LogP contribution is 2.10. The lowest BCUT2D eigenvalue weighted by Gasteiger charge is -2.13. The highest BCUT2D eigenvalue weighted by Gasteiger charge is 2.18. The zero-order valence-electron chi connectivity index (χ0n) is 11.0. The van der Waals surface area contributed by atoms with Gasteiger partial charge in [0, 0.05) is 11.8 Å². The van der Waals surface area contributed by atoms with E-state index in [0.717, 1.165) is 0 Å². The molecule has 0 saturated heterocycles. The number of ketones is 2. The quantitative estimate of drug-likeness (QED) is 0.692. The lowest BCUT2D eigenvalue weighted by atomic mass is 9.96. The Balaban J connectivity index is 4.42. The second-order valence-electron chi connectivity index (χ2n) is 4.22. The average molecular weight is 238 g/mol. The Morgan fingerprint density at radius 1 is 1.18 bits per heavy atom. The van der Waals surface area contributed by atoms with Gasteiger partial charge in [-0.3, -0.25) is 9.59 Å². The van der Waals surface area contributed by atoms with Crippen LogP contribution in [0.15, 0.2) is 24.3 Å². The van der Waals surface area contributed by atoms with Crippen molar-refractivity contribution < 1.29 is 14.7 Å². The molecule has 0 aromatic rings. The summed E-state index contributed by atoms with van der Waals surface area (Å²) in [6.45, 7) is 7.04. The molecular weight excluding hydrogens is 216 g/mol. The third-order valence-corrected chi connectivity index (χ3v) is 2.77. The number of hydrogen-bond donors (Lipinski definition) is 1. The first-order valence-electron chi connectivity index (χ1n) is 6.00. The van der Waals surface area contributed by atoms with Crippen LogP contribution in [-0.4, -0.2) is 22.8 Å². The lowest BCUT2D eigenvalue weighted by Crippen LogP contribution is -2.23. The highest BCUT2D eigenvalue weighted by molar-refractivity contribution is 5.95. The summed E-state index contributed by atoms with van der Waals surface area (Å²) >= 11 is 0. The van der Waals surface area contributed by atoms with E-state index in [1.54, 1.807) is 32.9 Å². The predicted molar refractivity (Wildman–Crippen MR) is 68.6 cm³/mol. The minimum Gasteiger partial charge on any atom is -0.392 e. The van der Waals surface area contributed by atoms with E-state index in [-0.39, 0.29) is 17.5 Å². The van der Waals surface area contributed by atoms with Crippen molar-refractivity contribution in [2.24, 2.45) is 11.8 Å². The van der Waals surface area contributed by atoms with E-state index in [0.29, 0.717) is 6.42 Å². The summed E-state index contributed by atoms with van der Waals surface area (Å²) in [5.41, 5.74) is 0. The first-order chi connectivity index (χ1) is 7.93. The summed E-state index contributed by atoms with van der Waals surface area (Å²) in [5, 5.41) is 9.52. The molecule has 0 saturated carbocycles. The van der Waals surface area contributed by atoms with Crippen molar-refractivity contribution >= 4 is 11.6 Å². The van der Waals surface area contributed by atoms with Crippen LogP contribution in [0.2, 0.25) is 0 Å². The van der Waals surface area contributed by atoms with Gasteiger partial charge in [0.1, 0.15) is 0 Å². The molecule has 0 aliphatic carbocycles. The van der Waals surface area contributed by atoms with Gasteiger partial charge in [-0.05, 0) is 25.5 Å². The molecule has 0 aliphatic heterocycles. The molecule has 3 atom stereocenters. The summed E-state index contributed by atoms with van der Waals surface area (Å²) in [5.74, 6) is -0.888. The Bertz CT molecular complexity index is 315. The predicted octanol–water partition coefficient (Wildman–Crippen LogP) is 2.30. The molecule has 0 rings (SSSR count). The lowest BCUT2D eigenvalue weighted by molar-refractivity contribution is -0.120. The van der Waals surface area contributed by atoms with Crippen molar-refractivity contribution in [3.8, 4) is 0 Å². The van der Waals surface area contributed by atoms with Gasteiger partial charge in [0.2, 0.25) is 0 Å². The average Bonchev–Trinajstić information content (AvgIpc) is 2.33. The van der Waals surface area contributed by atoms with Crippen molar-refractivity contribution in [2.75, 3.05) is 0 Å². The molecule has 0 aromatic carbocycles. The Morgan fingerprint density at radius 2 is 1.76 bits per heavy atom. The molecule has 0 aliphatic rings. The van der Waals surface area contributed by atoms with Crippen molar-refractivity contribution in [2.45, 2.75) is 40.2 Å². The molecule has 0 radical (unpaired) electrons. The molecular formula is C14H22O3. The summed E-state index contributed by atoms with van der Waals surface area (Å²) in [6.07, 6.45) is 6.09. The van der Waals surface area contributed by atoms with Gasteiger partial charge in [0.25, 0.3) is 0 Å². The van der Waals surface area contributed by atoms with Crippen LogP contribution < -0.4 is 0 Å². The van der Waals surface area contributed by atoms with Gasteiger partial charge in [0.15, 0.2) is 11.6 Å². The smallest absolute Gasteiger partial charge is 0.161 e. The van der Waals surface area contributed by atoms with E-state index in [9.17, 15) is 14.7 Å². The van der Waals surface area contributed by atoms with Crippen LogP contribution in [0.3, 0.4) is 0 Å². The van der Waals surface area contributed by atoms with Crippen molar-refractivity contribution in [3.05, 3.63) is 24.3 Å². The van der Waals surface area contributed by atoms with Gasteiger partial charge in [-0.15, -0.1) is 0 Å². The number of rotatable bonds is 7. The molecule has 0 spiro atoms. The summed E-state index contributed by atoms with van der Waals surface area (Å²) in [6, 6.07) is 0. The molecule has 0 heterocycles. The van der Waals surface area contributed by atoms with E-state index < -0.39 is 12.0 Å². The van der Waals surface area contributed by atoms with Crippen LogP contribution in [0.4, 0.5) is 0 Å². The Hall–Kier alpha value is -1.22. The Labute approximate surface area is 103 Å². The Kier molecular flexibility index (Phi) is 7.39. The largest absolute Gasteiger partial charge is 0.392 e. The number of carbonyl (C=O) groups is 2. The first kappa shape index (κ1) is 15.8. The number of allylic oxidation sites excluding steroid dienone is 4. The molecule has 17 heavy (non-hydrogen) atoms. The molecule has 0 amide bonds. The van der Waals surface area contributed by atoms with Crippen LogP contribution in [0.1, 0.15) is 34.1 Å². The van der Waals surface area contributed by atoms with E-state index >= 15 is 0 Å². The second kappa shape index (κ2) is 7.96. The van der Waals surface area contributed by atoms with Crippen molar-refractivity contribution in [1.29, 1.82) is 0 Å². The van der Waals surface area contributed by atoms with Gasteiger partial charge in [-0.25, -0.2) is 0 Å². The van der Waals surface area contributed by atoms with E-state index in [1.807, 2.05) is 6.92 Å². The maximum absolute atomic E-state index is 11.7. The zero-order chi connectivity index (χ0) is 13.4. The van der Waals surface area contributed by atoms with Gasteiger partial charge >= 0.3 is 0 Å². The second-order valence-corrected chi connectivity index (χ2v) is 4.22. The van der Waals surface area contributed by atoms with E-state index in [4.69, 9.17) is 0 Å². The van der Waals surface area contributed by atoms with Crippen LogP contribution in [0.25, 0.3) is 0 Å². The molecule has 96 valence electrons. The Morgan fingerprint density at radius 3 is 2.24 bits per heavy atom. The standard InChI is InChI=1S/C14H22O3/c1-5-7-13(16)10(3)8-9-14(17)11(4)12(15)6-2/h5,7-12,15H,6H2,1-4H3/b7-5+,9-8+. The fourth-order valence-electron chi connectivity index (χ4n) is 1.35. The minimum absolute atomic E-state index is 0.0276. The SMILES string of the molecule is C/C=C/C(=O)C(C)/C=C/C(=O)C(C)C(O)CC. The molecule has 1 N–H and O–H groups in total. The van der Waals surface area contributed by atoms with Crippen LogP contribution >= 0.6 is 0 Å².